The molecule has 2 N–H and O–H groups in total. The van der Waals surface area contributed by atoms with Crippen molar-refractivity contribution in [1.29, 1.82) is 0 Å². The number of fused-ring (bicyclic) bond motifs is 1. The number of hydrogen-bond donors (Lipinski definition) is 3. The minimum Gasteiger partial charge on any atom is -0.507 e. The van der Waals surface area contributed by atoms with Crippen molar-refractivity contribution in [3.63, 3.8) is 0 Å². The lowest BCUT2D eigenvalue weighted by Gasteiger charge is -1.99. The molecule has 72 valence electrons. The van der Waals surface area contributed by atoms with Crippen molar-refractivity contribution in [2.45, 2.75) is 4.90 Å². The Bertz CT molecular complexity index is 516. The molecule has 1 aromatic heterocycles. The summed E-state index contributed by atoms with van der Waals surface area (Å²) >= 11 is 5.59. The number of phenols is 1. The van der Waals surface area contributed by atoms with E-state index in [1.807, 2.05) is 0 Å². The van der Waals surface area contributed by atoms with Crippen LogP contribution < -0.4 is 0 Å². The van der Waals surface area contributed by atoms with Crippen molar-refractivity contribution >= 4 is 40.0 Å². The predicted molar refractivity (Wildman–Crippen MR) is 57.7 cm³/mol. The number of carboxylic acid groups (broad SMARTS) is 1. The number of hydrogen-bond acceptors (Lipinski definition) is 4. The summed E-state index contributed by atoms with van der Waals surface area (Å²) in [6.07, 6.45) is 0. The molecule has 0 aliphatic rings. The second-order valence-electron chi connectivity index (χ2n) is 2.79. The summed E-state index contributed by atoms with van der Waals surface area (Å²) < 4.78 is 0.810. The summed E-state index contributed by atoms with van der Waals surface area (Å²) in [6.45, 7) is 0. The molecule has 0 saturated carbocycles. The fraction of sp³-hybridized carbons (Fsp3) is 0. The Morgan fingerprint density at radius 2 is 2.14 bits per heavy atom. The fourth-order valence-corrected chi connectivity index (χ4v) is 2.49. The van der Waals surface area contributed by atoms with Gasteiger partial charge in [0.1, 0.15) is 11.3 Å². The maximum atomic E-state index is 10.7. The lowest BCUT2D eigenvalue weighted by atomic mass is 10.1. The van der Waals surface area contributed by atoms with Crippen molar-refractivity contribution in [2.75, 3.05) is 0 Å². The van der Waals surface area contributed by atoms with Gasteiger partial charge in [-0.25, -0.2) is 4.79 Å². The first-order valence-corrected chi connectivity index (χ1v) is 5.09. The Morgan fingerprint density at radius 3 is 2.79 bits per heavy atom. The van der Waals surface area contributed by atoms with Gasteiger partial charge in [-0.3, -0.25) is 0 Å². The highest BCUT2D eigenvalue weighted by Gasteiger charge is 2.12. The third kappa shape index (κ3) is 1.34. The summed E-state index contributed by atoms with van der Waals surface area (Å²) in [6, 6.07) is 2.88. The third-order valence-corrected chi connectivity index (χ3v) is 3.39. The highest BCUT2D eigenvalue weighted by atomic mass is 32.1. The quantitative estimate of drug-likeness (QED) is 0.655. The molecule has 0 amide bonds. The molecule has 2 rings (SSSR count). The number of benzene rings is 1. The van der Waals surface area contributed by atoms with Crippen molar-refractivity contribution in [2.24, 2.45) is 0 Å². The van der Waals surface area contributed by atoms with Gasteiger partial charge in [0.15, 0.2) is 0 Å². The zero-order valence-corrected chi connectivity index (χ0v) is 8.60. The van der Waals surface area contributed by atoms with Crippen LogP contribution in [0.25, 0.3) is 10.1 Å². The number of aromatic hydroxyl groups is 1. The Hall–Kier alpha value is -1.20. The molecule has 0 atom stereocenters. The predicted octanol–water partition coefficient (Wildman–Crippen LogP) is 2.59. The molecule has 0 aliphatic heterocycles. The van der Waals surface area contributed by atoms with Gasteiger partial charge in [0.05, 0.1) is 0 Å². The smallest absolute Gasteiger partial charge is 0.339 e. The molecule has 1 aromatic carbocycles. The van der Waals surface area contributed by atoms with Gasteiger partial charge in [-0.05, 0) is 12.1 Å². The van der Waals surface area contributed by atoms with E-state index in [4.69, 9.17) is 5.11 Å². The number of thiophene rings is 1. The maximum absolute atomic E-state index is 10.7. The van der Waals surface area contributed by atoms with Crippen LogP contribution in [-0.2, 0) is 0 Å². The Kier molecular flexibility index (Phi) is 2.13. The number of carboxylic acids is 1. The average molecular weight is 226 g/mol. The topological polar surface area (TPSA) is 57.5 Å². The van der Waals surface area contributed by atoms with E-state index in [9.17, 15) is 9.90 Å². The van der Waals surface area contributed by atoms with Crippen LogP contribution in [0.5, 0.6) is 5.75 Å². The summed E-state index contributed by atoms with van der Waals surface area (Å²) in [7, 11) is 0. The molecule has 0 radical (unpaired) electrons. The molecule has 5 heteroatoms. The first-order chi connectivity index (χ1) is 6.59. The van der Waals surface area contributed by atoms with E-state index in [0.29, 0.717) is 0 Å². The molecule has 0 saturated heterocycles. The second-order valence-corrected chi connectivity index (χ2v) is 4.18. The van der Waals surface area contributed by atoms with Gasteiger partial charge in [0.25, 0.3) is 0 Å². The van der Waals surface area contributed by atoms with Crippen LogP contribution in [-0.4, -0.2) is 16.2 Å². The molecular weight excluding hydrogens is 220 g/mol. The summed E-state index contributed by atoms with van der Waals surface area (Å²) in [4.78, 5) is 11.4. The lowest BCUT2D eigenvalue weighted by molar-refractivity contribution is 0.0694. The molecule has 0 spiro atoms. The molecule has 0 aliphatic carbocycles. The normalized spacial score (nSPS) is 10.6. The third-order valence-electron chi connectivity index (χ3n) is 1.90. The highest BCUT2D eigenvalue weighted by molar-refractivity contribution is 7.80. The van der Waals surface area contributed by atoms with Crippen LogP contribution >= 0.6 is 24.0 Å². The van der Waals surface area contributed by atoms with Crippen LogP contribution in [0.1, 0.15) is 10.4 Å². The largest absolute Gasteiger partial charge is 0.507 e. The molecule has 0 unspecified atom stereocenters. The number of thiol groups is 1. The average Bonchev–Trinajstić information content (AvgIpc) is 2.46. The number of aromatic carboxylic acids is 1. The minimum absolute atomic E-state index is 0.0762. The molecule has 1 heterocycles. The van der Waals surface area contributed by atoms with Crippen molar-refractivity contribution in [3.05, 3.63) is 23.1 Å². The fourth-order valence-electron chi connectivity index (χ4n) is 1.22. The maximum Gasteiger partial charge on any atom is 0.339 e. The van der Waals surface area contributed by atoms with Crippen molar-refractivity contribution < 1.29 is 15.0 Å². The molecule has 0 fully saturated rings. The van der Waals surface area contributed by atoms with E-state index in [1.54, 1.807) is 5.38 Å². The van der Waals surface area contributed by atoms with Crippen LogP contribution in [0.3, 0.4) is 0 Å². The van der Waals surface area contributed by atoms with E-state index in [1.165, 1.54) is 23.5 Å². The van der Waals surface area contributed by atoms with Gasteiger partial charge >= 0.3 is 5.97 Å². The van der Waals surface area contributed by atoms with Gasteiger partial charge in [-0.1, -0.05) is 0 Å². The Morgan fingerprint density at radius 1 is 1.43 bits per heavy atom. The van der Waals surface area contributed by atoms with Gasteiger partial charge in [-0.2, -0.15) is 0 Å². The Labute approximate surface area is 89.0 Å². The molecular formula is C9H6O3S2. The number of carbonyl (C=O) groups is 1. The minimum atomic E-state index is -1.13. The van der Waals surface area contributed by atoms with E-state index in [0.717, 1.165) is 15.0 Å². The van der Waals surface area contributed by atoms with Gasteiger partial charge in [0.2, 0.25) is 0 Å². The second kappa shape index (κ2) is 3.18. The molecule has 14 heavy (non-hydrogen) atoms. The summed E-state index contributed by atoms with van der Waals surface area (Å²) in [5, 5.41) is 20.8. The SMILES string of the molecule is O=C(O)c1cc2scc(S)c2cc1O. The van der Waals surface area contributed by atoms with Crippen LogP contribution in [0.4, 0.5) is 0 Å². The summed E-state index contributed by atoms with van der Waals surface area (Å²) in [5.41, 5.74) is -0.0762. The van der Waals surface area contributed by atoms with E-state index in [-0.39, 0.29) is 11.3 Å². The first kappa shape index (κ1) is 9.36. The summed E-state index contributed by atoms with van der Waals surface area (Å²) in [5.74, 6) is -1.35. The van der Waals surface area contributed by atoms with E-state index >= 15 is 0 Å². The van der Waals surface area contributed by atoms with E-state index < -0.39 is 5.97 Å². The number of rotatable bonds is 1. The molecule has 3 nitrogen and oxygen atoms in total. The Balaban J connectivity index is 2.79. The molecule has 0 bridgehead atoms. The highest BCUT2D eigenvalue weighted by Crippen LogP contribution is 2.33. The van der Waals surface area contributed by atoms with Crippen LogP contribution in [0.2, 0.25) is 0 Å². The van der Waals surface area contributed by atoms with Gasteiger partial charge in [0, 0.05) is 20.4 Å². The van der Waals surface area contributed by atoms with Crippen molar-refractivity contribution in [3.8, 4) is 5.75 Å². The zero-order valence-electron chi connectivity index (χ0n) is 6.89. The molecule has 2 aromatic rings. The van der Waals surface area contributed by atoms with Crippen LogP contribution in [0.15, 0.2) is 22.4 Å². The van der Waals surface area contributed by atoms with Crippen molar-refractivity contribution in [1.82, 2.24) is 0 Å². The van der Waals surface area contributed by atoms with Gasteiger partial charge in [-0.15, -0.1) is 24.0 Å². The lowest BCUT2D eigenvalue weighted by Crippen LogP contribution is -1.95. The first-order valence-electron chi connectivity index (χ1n) is 3.76. The standard InChI is InChI=1S/C9H6O3S2/c10-6-1-5-7(13)3-14-8(5)2-4(6)9(11)12/h1-3,10,13H,(H,11,12). The van der Waals surface area contributed by atoms with E-state index in [2.05, 4.69) is 12.6 Å². The monoisotopic (exact) mass is 226 g/mol. The van der Waals surface area contributed by atoms with Gasteiger partial charge < -0.3 is 10.2 Å². The van der Waals surface area contributed by atoms with Crippen LogP contribution in [0, 0.1) is 0 Å². The zero-order chi connectivity index (χ0) is 10.3.